The first-order valence-corrected chi connectivity index (χ1v) is 7.39. The number of ether oxygens (including phenoxy) is 1. The van der Waals surface area contributed by atoms with Crippen molar-refractivity contribution in [1.82, 2.24) is 0 Å². The first-order chi connectivity index (χ1) is 9.15. The predicted molar refractivity (Wildman–Crippen MR) is 82.2 cm³/mol. The molecule has 1 aliphatic rings. The van der Waals surface area contributed by atoms with Crippen LogP contribution in [0.4, 0.5) is 0 Å². The lowest BCUT2D eigenvalue weighted by Gasteiger charge is -2.26. The maximum atomic E-state index is 11.7. The summed E-state index contributed by atoms with van der Waals surface area (Å²) in [7, 11) is 1.46. The maximum Gasteiger partial charge on any atom is 0.309 e. The maximum absolute atomic E-state index is 11.7. The van der Waals surface area contributed by atoms with Crippen molar-refractivity contribution in [2.24, 2.45) is 0 Å². The van der Waals surface area contributed by atoms with Crippen LogP contribution in [-0.2, 0) is 33.2 Å². The molecule has 0 saturated heterocycles. The number of carbonyl (C=O) groups is 1. The van der Waals surface area contributed by atoms with Gasteiger partial charge in [0.1, 0.15) is 0 Å². The minimum atomic E-state index is -0.150. The van der Waals surface area contributed by atoms with E-state index in [-0.39, 0.29) is 16.8 Å². The van der Waals surface area contributed by atoms with Crippen molar-refractivity contribution in [3.05, 3.63) is 34.4 Å². The summed E-state index contributed by atoms with van der Waals surface area (Å²) in [5.74, 6) is -0.150. The Bertz CT molecular complexity index is 533. The molecule has 0 N–H and O–H groups in total. The van der Waals surface area contributed by atoms with E-state index in [0.29, 0.717) is 6.42 Å². The first kappa shape index (κ1) is 15.1. The van der Waals surface area contributed by atoms with E-state index in [1.54, 1.807) is 0 Å². The van der Waals surface area contributed by atoms with Crippen LogP contribution in [0, 0.1) is 0 Å². The summed E-state index contributed by atoms with van der Waals surface area (Å²) in [6.45, 7) is 11.3. The fraction of sp³-hybridized carbons (Fsp3) is 0.611. The number of methoxy groups -OCH3 is 1. The van der Waals surface area contributed by atoms with Gasteiger partial charge in [0.2, 0.25) is 0 Å². The molecule has 1 aromatic rings. The molecule has 0 aliphatic heterocycles. The number of esters is 1. The van der Waals surface area contributed by atoms with E-state index in [4.69, 9.17) is 4.74 Å². The Morgan fingerprint density at radius 3 is 2.50 bits per heavy atom. The van der Waals surface area contributed by atoms with E-state index in [0.717, 1.165) is 18.4 Å². The zero-order valence-corrected chi connectivity index (χ0v) is 13.6. The lowest BCUT2D eigenvalue weighted by molar-refractivity contribution is -0.139. The molecule has 0 heterocycles. The second kappa shape index (κ2) is 4.91. The van der Waals surface area contributed by atoms with E-state index < -0.39 is 0 Å². The van der Waals surface area contributed by atoms with Gasteiger partial charge in [0.25, 0.3) is 0 Å². The number of benzene rings is 1. The molecule has 0 aromatic heterocycles. The highest BCUT2D eigenvalue weighted by atomic mass is 16.5. The summed E-state index contributed by atoms with van der Waals surface area (Å²) >= 11 is 0. The summed E-state index contributed by atoms with van der Waals surface area (Å²) in [5.41, 5.74) is 5.56. The zero-order valence-electron chi connectivity index (χ0n) is 13.6. The summed E-state index contributed by atoms with van der Waals surface area (Å²) < 4.78 is 4.85. The number of hydrogen-bond acceptors (Lipinski definition) is 2. The number of hydrogen-bond donors (Lipinski definition) is 0. The Balaban J connectivity index is 2.56. The third kappa shape index (κ3) is 2.74. The van der Waals surface area contributed by atoms with Gasteiger partial charge in [-0.1, -0.05) is 46.8 Å². The monoisotopic (exact) mass is 274 g/mol. The van der Waals surface area contributed by atoms with Gasteiger partial charge in [0.15, 0.2) is 0 Å². The van der Waals surface area contributed by atoms with Crippen LogP contribution in [0.5, 0.6) is 0 Å². The molecule has 0 fully saturated rings. The van der Waals surface area contributed by atoms with Crippen LogP contribution in [0.1, 0.15) is 63.3 Å². The Morgan fingerprint density at radius 1 is 1.30 bits per heavy atom. The highest BCUT2D eigenvalue weighted by molar-refractivity contribution is 5.73. The number of carbonyl (C=O) groups excluding carboxylic acids is 1. The standard InChI is InChI=1S/C18H26O2/c1-17(2,3)13-9-12(10-16(19)20-6)14-7-8-18(4,5)15(14)11-13/h9,11H,7-8,10H2,1-6H3. The van der Waals surface area contributed by atoms with Crippen LogP contribution in [-0.4, -0.2) is 13.1 Å². The molecule has 0 bridgehead atoms. The van der Waals surface area contributed by atoms with Gasteiger partial charge in [-0.2, -0.15) is 0 Å². The van der Waals surface area contributed by atoms with Gasteiger partial charge in [-0.25, -0.2) is 0 Å². The molecule has 2 rings (SSSR count). The van der Waals surface area contributed by atoms with Crippen molar-refractivity contribution < 1.29 is 9.53 Å². The highest BCUT2D eigenvalue weighted by Crippen LogP contribution is 2.42. The normalized spacial score (nSPS) is 16.9. The second-order valence-electron chi connectivity index (χ2n) is 7.55. The minimum absolute atomic E-state index is 0.0958. The average Bonchev–Trinajstić information content (AvgIpc) is 2.64. The van der Waals surface area contributed by atoms with Crippen LogP contribution >= 0.6 is 0 Å². The molecule has 20 heavy (non-hydrogen) atoms. The van der Waals surface area contributed by atoms with E-state index in [2.05, 4.69) is 46.8 Å². The Kier molecular flexibility index (Phi) is 3.70. The molecular formula is C18H26O2. The van der Waals surface area contributed by atoms with Crippen LogP contribution in [0.15, 0.2) is 12.1 Å². The number of fused-ring (bicyclic) bond motifs is 1. The fourth-order valence-electron chi connectivity index (χ4n) is 3.02. The van der Waals surface area contributed by atoms with Gasteiger partial charge in [0, 0.05) is 0 Å². The van der Waals surface area contributed by atoms with Crippen molar-refractivity contribution >= 4 is 5.97 Å². The Labute approximate surface area is 122 Å². The Hall–Kier alpha value is -1.31. The molecule has 1 aliphatic carbocycles. The molecule has 0 radical (unpaired) electrons. The molecule has 0 amide bonds. The summed E-state index contributed by atoms with van der Waals surface area (Å²) in [6.07, 6.45) is 2.61. The van der Waals surface area contributed by atoms with Crippen molar-refractivity contribution in [1.29, 1.82) is 0 Å². The van der Waals surface area contributed by atoms with Gasteiger partial charge in [-0.15, -0.1) is 0 Å². The van der Waals surface area contributed by atoms with Crippen LogP contribution in [0.25, 0.3) is 0 Å². The lowest BCUT2D eigenvalue weighted by atomic mass is 9.79. The van der Waals surface area contributed by atoms with Gasteiger partial charge in [0.05, 0.1) is 13.5 Å². The van der Waals surface area contributed by atoms with Crippen molar-refractivity contribution in [3.63, 3.8) is 0 Å². The molecular weight excluding hydrogens is 248 g/mol. The van der Waals surface area contributed by atoms with E-state index in [9.17, 15) is 4.79 Å². The minimum Gasteiger partial charge on any atom is -0.469 e. The smallest absolute Gasteiger partial charge is 0.309 e. The molecule has 1 aromatic carbocycles. The molecule has 0 atom stereocenters. The van der Waals surface area contributed by atoms with E-state index in [1.165, 1.54) is 23.8 Å². The topological polar surface area (TPSA) is 26.3 Å². The highest BCUT2D eigenvalue weighted by Gasteiger charge is 2.33. The third-order valence-corrected chi connectivity index (χ3v) is 4.50. The van der Waals surface area contributed by atoms with Gasteiger partial charge < -0.3 is 4.74 Å². The average molecular weight is 274 g/mol. The van der Waals surface area contributed by atoms with Gasteiger partial charge >= 0.3 is 5.97 Å². The third-order valence-electron chi connectivity index (χ3n) is 4.50. The van der Waals surface area contributed by atoms with Gasteiger partial charge in [-0.05, 0) is 45.9 Å². The molecule has 0 spiro atoms. The molecule has 0 saturated carbocycles. The Morgan fingerprint density at radius 2 is 1.95 bits per heavy atom. The van der Waals surface area contributed by atoms with E-state index in [1.807, 2.05) is 0 Å². The van der Waals surface area contributed by atoms with Crippen LogP contribution in [0.3, 0.4) is 0 Å². The predicted octanol–water partition coefficient (Wildman–Crippen LogP) is 3.92. The SMILES string of the molecule is COC(=O)Cc1cc(C(C)(C)C)cc2c1CCC2(C)C. The second-order valence-corrected chi connectivity index (χ2v) is 7.55. The summed E-state index contributed by atoms with van der Waals surface area (Å²) in [5, 5.41) is 0. The lowest BCUT2D eigenvalue weighted by Crippen LogP contribution is -2.18. The zero-order chi connectivity index (χ0) is 15.1. The quantitative estimate of drug-likeness (QED) is 0.764. The van der Waals surface area contributed by atoms with Crippen molar-refractivity contribution in [2.75, 3.05) is 7.11 Å². The summed E-state index contributed by atoms with van der Waals surface area (Å²) in [4.78, 5) is 11.7. The fourth-order valence-corrected chi connectivity index (χ4v) is 3.02. The van der Waals surface area contributed by atoms with Crippen molar-refractivity contribution in [2.45, 2.75) is 64.7 Å². The van der Waals surface area contributed by atoms with Crippen LogP contribution < -0.4 is 0 Å². The largest absolute Gasteiger partial charge is 0.469 e. The molecule has 2 nitrogen and oxygen atoms in total. The first-order valence-electron chi connectivity index (χ1n) is 7.39. The van der Waals surface area contributed by atoms with Crippen LogP contribution in [0.2, 0.25) is 0 Å². The van der Waals surface area contributed by atoms with Crippen molar-refractivity contribution in [3.8, 4) is 0 Å². The molecule has 2 heteroatoms. The molecule has 0 unspecified atom stereocenters. The summed E-state index contributed by atoms with van der Waals surface area (Å²) in [6, 6.07) is 4.56. The van der Waals surface area contributed by atoms with E-state index >= 15 is 0 Å². The molecule has 110 valence electrons. The van der Waals surface area contributed by atoms with Gasteiger partial charge in [-0.3, -0.25) is 4.79 Å². The number of rotatable bonds is 2.